The van der Waals surface area contributed by atoms with Gasteiger partial charge in [-0.15, -0.1) is 11.3 Å². The van der Waals surface area contributed by atoms with Crippen LogP contribution in [-0.4, -0.2) is 36.1 Å². The molecule has 0 radical (unpaired) electrons. The molecule has 0 saturated carbocycles. The first-order valence-electron chi connectivity index (χ1n) is 6.66. The highest BCUT2D eigenvalue weighted by atomic mass is 32.1. The first kappa shape index (κ1) is 15.2. The number of aliphatic imine (C=N–C) groups is 1. The summed E-state index contributed by atoms with van der Waals surface area (Å²) >= 11 is 1.68. The molecule has 0 atom stereocenters. The number of aromatic nitrogens is 2. The lowest BCUT2D eigenvalue weighted by Gasteiger charge is -2.11. The molecule has 2 rings (SSSR count). The zero-order valence-corrected chi connectivity index (χ0v) is 13.0. The van der Waals surface area contributed by atoms with Crippen molar-refractivity contribution >= 4 is 17.3 Å². The van der Waals surface area contributed by atoms with Gasteiger partial charge >= 0.3 is 0 Å². The molecule has 2 heterocycles. The molecule has 0 bridgehead atoms. The van der Waals surface area contributed by atoms with E-state index < -0.39 is 0 Å². The normalized spacial score (nSPS) is 11.2. The van der Waals surface area contributed by atoms with Gasteiger partial charge in [0.2, 0.25) is 0 Å². The molecule has 0 unspecified atom stereocenters. The van der Waals surface area contributed by atoms with Gasteiger partial charge in [-0.3, -0.25) is 9.98 Å². The van der Waals surface area contributed by atoms with Gasteiger partial charge in [0.05, 0.1) is 19.3 Å². The molecule has 0 aromatic carbocycles. The van der Waals surface area contributed by atoms with E-state index in [4.69, 9.17) is 4.74 Å². The van der Waals surface area contributed by atoms with E-state index in [1.54, 1.807) is 30.8 Å². The highest BCUT2D eigenvalue weighted by molar-refractivity contribution is 7.11. The first-order chi connectivity index (χ1) is 10.3. The molecule has 21 heavy (non-hydrogen) atoms. The van der Waals surface area contributed by atoms with E-state index in [1.807, 2.05) is 25.3 Å². The monoisotopic (exact) mass is 305 g/mol. The molecule has 2 N–H and O–H groups in total. The van der Waals surface area contributed by atoms with E-state index in [2.05, 4.69) is 25.6 Å². The van der Waals surface area contributed by atoms with Gasteiger partial charge in [-0.25, -0.2) is 4.98 Å². The quantitative estimate of drug-likeness (QED) is 0.482. The van der Waals surface area contributed by atoms with Crippen molar-refractivity contribution in [3.8, 4) is 5.75 Å². The Labute approximate surface area is 128 Å². The third-order valence-corrected chi connectivity index (χ3v) is 3.51. The van der Waals surface area contributed by atoms with E-state index >= 15 is 0 Å². The van der Waals surface area contributed by atoms with Crippen molar-refractivity contribution in [1.82, 2.24) is 20.6 Å². The number of hydrogen-bond acceptors (Lipinski definition) is 5. The predicted octanol–water partition coefficient (Wildman–Crippen LogP) is 1.59. The topological polar surface area (TPSA) is 71.4 Å². The number of nitrogens with zero attached hydrogens (tertiary/aromatic N) is 3. The van der Waals surface area contributed by atoms with E-state index in [0.29, 0.717) is 19.7 Å². The van der Waals surface area contributed by atoms with Gasteiger partial charge in [-0.05, 0) is 19.1 Å². The number of nitrogens with one attached hydrogen (secondary N) is 2. The van der Waals surface area contributed by atoms with Gasteiger partial charge < -0.3 is 15.4 Å². The summed E-state index contributed by atoms with van der Waals surface area (Å²) in [5.74, 6) is 1.50. The molecule has 0 aliphatic carbocycles. The SMILES string of the molecule is CN=C(NCCOc1cccnc1)NCc1ncc(C)s1. The van der Waals surface area contributed by atoms with Crippen LogP contribution in [-0.2, 0) is 6.54 Å². The van der Waals surface area contributed by atoms with Gasteiger partial charge in [0, 0.05) is 24.3 Å². The zero-order valence-electron chi connectivity index (χ0n) is 12.2. The fourth-order valence-electron chi connectivity index (χ4n) is 1.63. The van der Waals surface area contributed by atoms with E-state index in [9.17, 15) is 0 Å². The van der Waals surface area contributed by atoms with Crippen molar-refractivity contribution in [1.29, 1.82) is 0 Å². The van der Waals surface area contributed by atoms with Crippen molar-refractivity contribution < 1.29 is 4.74 Å². The Morgan fingerprint density at radius 1 is 1.38 bits per heavy atom. The number of thiazole rings is 1. The minimum Gasteiger partial charge on any atom is -0.490 e. The van der Waals surface area contributed by atoms with Gasteiger partial charge in [0.1, 0.15) is 17.4 Å². The second-order valence-electron chi connectivity index (χ2n) is 4.25. The first-order valence-corrected chi connectivity index (χ1v) is 7.48. The standard InChI is InChI=1S/C14H19N5OS/c1-11-8-18-13(21-11)10-19-14(15-2)17-6-7-20-12-4-3-5-16-9-12/h3-5,8-9H,6-7,10H2,1-2H3,(H2,15,17,19). The Hall–Kier alpha value is -2.15. The van der Waals surface area contributed by atoms with E-state index in [0.717, 1.165) is 16.7 Å². The highest BCUT2D eigenvalue weighted by Gasteiger charge is 2.01. The van der Waals surface area contributed by atoms with Crippen LogP contribution in [0.1, 0.15) is 9.88 Å². The average Bonchev–Trinajstić information content (AvgIpc) is 2.93. The lowest BCUT2D eigenvalue weighted by Crippen LogP contribution is -2.38. The molecule has 0 saturated heterocycles. The molecular formula is C14H19N5OS. The molecule has 6 nitrogen and oxygen atoms in total. The molecule has 112 valence electrons. The third kappa shape index (κ3) is 5.39. The van der Waals surface area contributed by atoms with Crippen molar-refractivity contribution in [3.63, 3.8) is 0 Å². The molecule has 7 heteroatoms. The number of guanidine groups is 1. The van der Waals surface area contributed by atoms with E-state index in [1.165, 1.54) is 4.88 Å². The fourth-order valence-corrected chi connectivity index (χ4v) is 2.36. The molecular weight excluding hydrogens is 286 g/mol. The molecule has 0 aliphatic heterocycles. The smallest absolute Gasteiger partial charge is 0.191 e. The lowest BCUT2D eigenvalue weighted by atomic mass is 10.5. The van der Waals surface area contributed by atoms with Gasteiger partial charge in [-0.1, -0.05) is 0 Å². The maximum atomic E-state index is 5.55. The molecule has 0 amide bonds. The Bertz CT molecular complexity index is 570. The maximum Gasteiger partial charge on any atom is 0.191 e. The fraction of sp³-hybridized carbons (Fsp3) is 0.357. The summed E-state index contributed by atoms with van der Waals surface area (Å²) in [6, 6.07) is 3.73. The second kappa shape index (κ2) is 8.21. The largest absolute Gasteiger partial charge is 0.490 e. The third-order valence-electron chi connectivity index (χ3n) is 2.60. The Balaban J connectivity index is 1.66. The number of hydrogen-bond donors (Lipinski definition) is 2. The minimum atomic E-state index is 0.544. The Morgan fingerprint density at radius 3 is 2.95 bits per heavy atom. The molecule has 0 fully saturated rings. The van der Waals surface area contributed by atoms with Crippen LogP contribution in [0.5, 0.6) is 5.75 Å². The van der Waals surface area contributed by atoms with Crippen LogP contribution in [0.15, 0.2) is 35.7 Å². The number of aryl methyl sites for hydroxylation is 1. The molecule has 2 aromatic heterocycles. The van der Waals surface area contributed by atoms with Crippen LogP contribution in [0.4, 0.5) is 0 Å². The van der Waals surface area contributed by atoms with Gasteiger partial charge in [0.15, 0.2) is 5.96 Å². The molecule has 2 aromatic rings. The van der Waals surface area contributed by atoms with Crippen molar-refractivity contribution in [2.24, 2.45) is 4.99 Å². The maximum absolute atomic E-state index is 5.55. The predicted molar refractivity (Wildman–Crippen MR) is 84.8 cm³/mol. The zero-order chi connectivity index (χ0) is 14.9. The average molecular weight is 305 g/mol. The van der Waals surface area contributed by atoms with Crippen molar-refractivity contribution in [2.45, 2.75) is 13.5 Å². The number of ether oxygens (including phenoxy) is 1. The van der Waals surface area contributed by atoms with Gasteiger partial charge in [0.25, 0.3) is 0 Å². The second-order valence-corrected chi connectivity index (χ2v) is 5.57. The summed E-state index contributed by atoms with van der Waals surface area (Å²) in [6.07, 6.45) is 5.29. The molecule has 0 aliphatic rings. The van der Waals surface area contributed by atoms with Crippen molar-refractivity contribution in [3.05, 3.63) is 40.6 Å². The summed E-state index contributed by atoms with van der Waals surface area (Å²) in [7, 11) is 1.74. The number of rotatable bonds is 6. The van der Waals surface area contributed by atoms with Crippen LogP contribution in [0.3, 0.4) is 0 Å². The van der Waals surface area contributed by atoms with Crippen LogP contribution in [0.25, 0.3) is 0 Å². The Morgan fingerprint density at radius 2 is 2.29 bits per heavy atom. The van der Waals surface area contributed by atoms with Crippen LogP contribution in [0.2, 0.25) is 0 Å². The number of pyridine rings is 1. The summed E-state index contributed by atoms with van der Waals surface area (Å²) < 4.78 is 5.55. The summed E-state index contributed by atoms with van der Waals surface area (Å²) in [5.41, 5.74) is 0. The summed E-state index contributed by atoms with van der Waals surface area (Å²) in [4.78, 5) is 13.7. The van der Waals surface area contributed by atoms with E-state index in [-0.39, 0.29) is 0 Å². The lowest BCUT2D eigenvalue weighted by molar-refractivity contribution is 0.320. The summed E-state index contributed by atoms with van der Waals surface area (Å²) in [6.45, 7) is 3.92. The van der Waals surface area contributed by atoms with Crippen LogP contribution in [0, 0.1) is 6.92 Å². The summed E-state index contributed by atoms with van der Waals surface area (Å²) in [5, 5.41) is 7.45. The van der Waals surface area contributed by atoms with Crippen molar-refractivity contribution in [2.75, 3.05) is 20.2 Å². The Kier molecular flexibility index (Phi) is 5.96. The van der Waals surface area contributed by atoms with Crippen LogP contribution >= 0.6 is 11.3 Å². The minimum absolute atomic E-state index is 0.544. The molecule has 0 spiro atoms. The van der Waals surface area contributed by atoms with Gasteiger partial charge in [-0.2, -0.15) is 0 Å². The van der Waals surface area contributed by atoms with Crippen LogP contribution < -0.4 is 15.4 Å². The highest BCUT2D eigenvalue weighted by Crippen LogP contribution is 2.10.